The van der Waals surface area contributed by atoms with Crippen LogP contribution in [-0.4, -0.2) is 30.8 Å². The van der Waals surface area contributed by atoms with Crippen molar-refractivity contribution in [2.45, 2.75) is 6.92 Å². The van der Waals surface area contributed by atoms with E-state index in [9.17, 15) is 14.4 Å². The Balaban J connectivity index is 2.31. The molecule has 0 fully saturated rings. The van der Waals surface area contributed by atoms with Gasteiger partial charge in [-0.15, -0.1) is 0 Å². The number of halogens is 1. The van der Waals surface area contributed by atoms with E-state index >= 15 is 0 Å². The molecule has 1 aromatic rings. The van der Waals surface area contributed by atoms with Gasteiger partial charge in [0.25, 0.3) is 11.7 Å². The highest BCUT2D eigenvalue weighted by Crippen LogP contribution is 2.36. The van der Waals surface area contributed by atoms with Crippen molar-refractivity contribution < 1.29 is 19.1 Å². The molecule has 0 atom stereocenters. The van der Waals surface area contributed by atoms with Gasteiger partial charge in [-0.05, 0) is 35.0 Å². The molecule has 0 saturated carbocycles. The number of ketones is 1. The number of benzene rings is 1. The number of Topliss-reactive ketones (excluding diaryl/α,β-unsaturated/α-hetero) is 1. The average Bonchev–Trinajstić information content (AvgIpc) is 2.65. The number of hydrogen-bond donors (Lipinski definition) is 0. The number of carbonyl (C=O) groups is 3. The van der Waals surface area contributed by atoms with Crippen molar-refractivity contribution in [3.8, 4) is 0 Å². The standard InChI is InChI=1S/C14H12BrNO4/c1-3-20-14(19)8(2)7-16-11-9(12(17)13(16)18)5-4-6-10(11)15/h4-6H,2-3,7H2,1H3. The molecule has 0 bridgehead atoms. The zero-order valence-electron chi connectivity index (χ0n) is 10.8. The molecule has 20 heavy (non-hydrogen) atoms. The van der Waals surface area contributed by atoms with Crippen molar-refractivity contribution in [3.05, 3.63) is 40.4 Å². The Bertz CT molecular complexity index is 624. The number of nitrogens with zero attached hydrogens (tertiary/aromatic N) is 1. The molecule has 6 heteroatoms. The maximum absolute atomic E-state index is 12.0. The van der Waals surface area contributed by atoms with E-state index in [1.807, 2.05) is 0 Å². The Morgan fingerprint density at radius 2 is 2.10 bits per heavy atom. The summed E-state index contributed by atoms with van der Waals surface area (Å²) in [7, 11) is 0. The second-order valence-corrected chi connectivity index (χ2v) is 5.03. The van der Waals surface area contributed by atoms with Crippen molar-refractivity contribution in [1.82, 2.24) is 0 Å². The third kappa shape index (κ3) is 2.38. The Morgan fingerprint density at radius 1 is 1.40 bits per heavy atom. The van der Waals surface area contributed by atoms with Gasteiger partial charge >= 0.3 is 5.97 Å². The van der Waals surface area contributed by atoms with Crippen molar-refractivity contribution in [1.29, 1.82) is 0 Å². The molecule has 0 unspecified atom stereocenters. The van der Waals surface area contributed by atoms with Gasteiger partial charge in [-0.3, -0.25) is 14.5 Å². The van der Waals surface area contributed by atoms with Gasteiger partial charge in [0, 0.05) is 10.0 Å². The van der Waals surface area contributed by atoms with E-state index in [2.05, 4.69) is 22.5 Å². The van der Waals surface area contributed by atoms with Gasteiger partial charge in [-0.25, -0.2) is 4.79 Å². The van der Waals surface area contributed by atoms with Crippen LogP contribution in [-0.2, 0) is 14.3 Å². The van der Waals surface area contributed by atoms with Gasteiger partial charge in [0.15, 0.2) is 0 Å². The molecule has 0 aliphatic carbocycles. The summed E-state index contributed by atoms with van der Waals surface area (Å²) >= 11 is 3.31. The van der Waals surface area contributed by atoms with Crippen LogP contribution in [0.4, 0.5) is 5.69 Å². The fourth-order valence-corrected chi connectivity index (χ4v) is 2.53. The maximum Gasteiger partial charge on any atom is 0.335 e. The van der Waals surface area contributed by atoms with Gasteiger partial charge in [-0.1, -0.05) is 12.6 Å². The Kier molecular flexibility index (Phi) is 4.04. The average molecular weight is 338 g/mol. The predicted molar refractivity (Wildman–Crippen MR) is 76.6 cm³/mol. The number of ether oxygens (including phenoxy) is 1. The topological polar surface area (TPSA) is 63.7 Å². The summed E-state index contributed by atoms with van der Waals surface area (Å²) in [5.74, 6) is -1.83. The number of para-hydroxylation sites is 1. The number of esters is 1. The number of carbonyl (C=O) groups excluding carboxylic acids is 3. The third-order valence-corrected chi connectivity index (χ3v) is 3.49. The molecule has 0 saturated heterocycles. The molecule has 5 nitrogen and oxygen atoms in total. The maximum atomic E-state index is 12.0. The molecule has 104 valence electrons. The zero-order valence-corrected chi connectivity index (χ0v) is 12.4. The lowest BCUT2D eigenvalue weighted by Crippen LogP contribution is -2.33. The molecule has 0 radical (unpaired) electrons. The predicted octanol–water partition coefficient (Wildman–Crippen LogP) is 2.10. The summed E-state index contributed by atoms with van der Waals surface area (Å²) in [5.41, 5.74) is 0.908. The van der Waals surface area contributed by atoms with Crippen LogP contribution < -0.4 is 4.90 Å². The number of hydrogen-bond acceptors (Lipinski definition) is 4. The first-order valence-electron chi connectivity index (χ1n) is 5.97. The minimum Gasteiger partial charge on any atom is -0.463 e. The summed E-state index contributed by atoms with van der Waals surface area (Å²) in [6, 6.07) is 4.98. The molecule has 2 rings (SSSR count). The second-order valence-electron chi connectivity index (χ2n) is 4.18. The van der Waals surface area contributed by atoms with Gasteiger partial charge in [0.05, 0.1) is 24.4 Å². The largest absolute Gasteiger partial charge is 0.463 e. The highest BCUT2D eigenvalue weighted by atomic mass is 79.9. The van der Waals surface area contributed by atoms with Crippen LogP contribution in [0.25, 0.3) is 0 Å². The summed E-state index contributed by atoms with van der Waals surface area (Å²) < 4.78 is 5.44. The SMILES string of the molecule is C=C(CN1C(=O)C(=O)c2cccc(Br)c21)C(=O)OCC. The lowest BCUT2D eigenvalue weighted by molar-refractivity contribution is -0.138. The van der Waals surface area contributed by atoms with Gasteiger partial charge in [0.1, 0.15) is 0 Å². The Hall–Kier alpha value is -1.95. The fourth-order valence-electron chi connectivity index (χ4n) is 1.95. The molecule has 0 aromatic heterocycles. The van der Waals surface area contributed by atoms with E-state index in [1.54, 1.807) is 25.1 Å². The fraction of sp³-hybridized carbons (Fsp3) is 0.214. The highest BCUT2D eigenvalue weighted by molar-refractivity contribution is 9.10. The van der Waals surface area contributed by atoms with E-state index < -0.39 is 17.7 Å². The molecule has 1 aliphatic heterocycles. The molecule has 1 amide bonds. The summed E-state index contributed by atoms with van der Waals surface area (Å²) in [4.78, 5) is 36.7. The second kappa shape index (κ2) is 5.58. The van der Waals surface area contributed by atoms with Gasteiger partial charge < -0.3 is 4.74 Å². The van der Waals surface area contributed by atoms with Gasteiger partial charge in [0.2, 0.25) is 0 Å². The lowest BCUT2D eigenvalue weighted by atomic mass is 10.1. The van der Waals surface area contributed by atoms with Crippen LogP contribution in [0.5, 0.6) is 0 Å². The molecule has 0 N–H and O–H groups in total. The summed E-state index contributed by atoms with van der Waals surface area (Å²) in [6.07, 6.45) is 0. The lowest BCUT2D eigenvalue weighted by Gasteiger charge is -2.18. The van der Waals surface area contributed by atoms with E-state index in [1.165, 1.54) is 4.90 Å². The zero-order chi connectivity index (χ0) is 14.9. The van der Waals surface area contributed by atoms with Gasteiger partial charge in [-0.2, -0.15) is 0 Å². The van der Waals surface area contributed by atoms with E-state index in [-0.39, 0.29) is 18.7 Å². The first-order chi connectivity index (χ1) is 9.47. The van der Waals surface area contributed by atoms with Crippen molar-refractivity contribution in [2.24, 2.45) is 0 Å². The monoisotopic (exact) mass is 337 g/mol. The molecule has 1 aromatic carbocycles. The quantitative estimate of drug-likeness (QED) is 0.479. The van der Waals surface area contributed by atoms with Crippen LogP contribution in [0, 0.1) is 0 Å². The number of amides is 1. The smallest absolute Gasteiger partial charge is 0.335 e. The summed E-state index contributed by atoms with van der Waals surface area (Å²) in [5, 5.41) is 0. The Labute approximate surface area is 124 Å². The highest BCUT2D eigenvalue weighted by Gasteiger charge is 2.37. The first-order valence-corrected chi connectivity index (χ1v) is 6.76. The minimum absolute atomic E-state index is 0.0704. The first kappa shape index (κ1) is 14.5. The third-order valence-electron chi connectivity index (χ3n) is 2.85. The van der Waals surface area contributed by atoms with Crippen LogP contribution in [0.3, 0.4) is 0 Å². The number of fused-ring (bicyclic) bond motifs is 1. The minimum atomic E-state index is -0.669. The van der Waals surface area contributed by atoms with Crippen molar-refractivity contribution in [3.63, 3.8) is 0 Å². The van der Waals surface area contributed by atoms with E-state index in [0.29, 0.717) is 15.7 Å². The molecule has 1 heterocycles. The summed E-state index contributed by atoms with van der Waals surface area (Å²) in [6.45, 7) is 5.44. The van der Waals surface area contributed by atoms with Crippen molar-refractivity contribution >= 4 is 39.3 Å². The van der Waals surface area contributed by atoms with E-state index in [0.717, 1.165) is 0 Å². The van der Waals surface area contributed by atoms with Crippen LogP contribution in [0.2, 0.25) is 0 Å². The molecule has 1 aliphatic rings. The molecular weight excluding hydrogens is 326 g/mol. The normalized spacial score (nSPS) is 13.4. The van der Waals surface area contributed by atoms with Crippen LogP contribution in [0.1, 0.15) is 17.3 Å². The number of anilines is 1. The van der Waals surface area contributed by atoms with E-state index in [4.69, 9.17) is 4.74 Å². The molecular formula is C14H12BrNO4. The van der Waals surface area contributed by atoms with Crippen LogP contribution in [0.15, 0.2) is 34.8 Å². The Morgan fingerprint density at radius 3 is 2.75 bits per heavy atom. The number of rotatable bonds is 4. The van der Waals surface area contributed by atoms with Crippen LogP contribution >= 0.6 is 15.9 Å². The van der Waals surface area contributed by atoms with Crippen molar-refractivity contribution in [2.75, 3.05) is 18.1 Å². The molecule has 0 spiro atoms.